The van der Waals surface area contributed by atoms with Crippen LogP contribution in [0.3, 0.4) is 0 Å². The Morgan fingerprint density at radius 3 is 2.50 bits per heavy atom. The second kappa shape index (κ2) is 6.88. The highest BCUT2D eigenvalue weighted by atomic mass is 19.1. The van der Waals surface area contributed by atoms with Gasteiger partial charge in [-0.2, -0.15) is 9.37 Å². The van der Waals surface area contributed by atoms with Crippen LogP contribution in [0.2, 0.25) is 0 Å². The van der Waals surface area contributed by atoms with Gasteiger partial charge in [-0.25, -0.2) is 9.78 Å². The number of nitrogens with zero attached hydrogens (tertiary/aromatic N) is 4. The number of halogens is 1. The Hall–Kier alpha value is -1.72. The molecular weight excluding hydrogens is 235 g/mol. The van der Waals surface area contributed by atoms with E-state index in [1.54, 1.807) is 4.90 Å². The second-order valence-corrected chi connectivity index (χ2v) is 3.90. The zero-order chi connectivity index (χ0) is 13.5. The molecule has 6 heteroatoms. The maximum absolute atomic E-state index is 12.8. The smallest absolute Gasteiger partial charge is 0.323 e. The van der Waals surface area contributed by atoms with Gasteiger partial charge in [0.15, 0.2) is 0 Å². The molecule has 1 fully saturated rings. The summed E-state index contributed by atoms with van der Waals surface area (Å²) in [6, 6.07) is 1.40. The lowest BCUT2D eigenvalue weighted by atomic mass is 10.5. The molecule has 2 rings (SSSR count). The average Bonchev–Trinajstić information content (AvgIpc) is 2.71. The SMILES string of the molecule is CCC.CCN1CCN(c2ccnc(F)n2)C1=O. The highest BCUT2D eigenvalue weighted by molar-refractivity contribution is 5.93. The Morgan fingerprint density at radius 2 is 2.00 bits per heavy atom. The molecule has 1 aromatic rings. The number of urea groups is 1. The Balaban J connectivity index is 0.000000492. The van der Waals surface area contributed by atoms with Crippen LogP contribution in [0.5, 0.6) is 0 Å². The van der Waals surface area contributed by atoms with Gasteiger partial charge in [-0.1, -0.05) is 20.3 Å². The highest BCUT2D eigenvalue weighted by Gasteiger charge is 2.29. The van der Waals surface area contributed by atoms with Crippen molar-refractivity contribution < 1.29 is 9.18 Å². The van der Waals surface area contributed by atoms with Gasteiger partial charge in [-0.15, -0.1) is 0 Å². The van der Waals surface area contributed by atoms with E-state index in [0.717, 1.165) is 0 Å². The van der Waals surface area contributed by atoms with Gasteiger partial charge >= 0.3 is 12.1 Å². The van der Waals surface area contributed by atoms with Gasteiger partial charge in [0, 0.05) is 25.8 Å². The van der Waals surface area contributed by atoms with Crippen molar-refractivity contribution in [1.29, 1.82) is 0 Å². The van der Waals surface area contributed by atoms with Crippen LogP contribution in [0.25, 0.3) is 0 Å². The third-order valence-electron chi connectivity index (χ3n) is 2.36. The van der Waals surface area contributed by atoms with Crippen molar-refractivity contribution in [1.82, 2.24) is 14.9 Å². The maximum Gasteiger partial charge on any atom is 0.325 e. The number of hydrogen-bond acceptors (Lipinski definition) is 3. The third kappa shape index (κ3) is 3.38. The average molecular weight is 254 g/mol. The van der Waals surface area contributed by atoms with Crippen LogP contribution in [-0.4, -0.2) is 40.5 Å². The van der Waals surface area contributed by atoms with E-state index in [9.17, 15) is 9.18 Å². The van der Waals surface area contributed by atoms with Crippen molar-refractivity contribution in [2.45, 2.75) is 27.2 Å². The quantitative estimate of drug-likeness (QED) is 0.761. The van der Waals surface area contributed by atoms with E-state index in [-0.39, 0.29) is 6.03 Å². The van der Waals surface area contributed by atoms with Crippen LogP contribution in [-0.2, 0) is 0 Å². The van der Waals surface area contributed by atoms with Crippen molar-refractivity contribution in [2.75, 3.05) is 24.5 Å². The molecule has 2 amide bonds. The number of amides is 2. The monoisotopic (exact) mass is 254 g/mol. The molecule has 18 heavy (non-hydrogen) atoms. The van der Waals surface area contributed by atoms with Crippen LogP contribution in [0.15, 0.2) is 12.3 Å². The van der Waals surface area contributed by atoms with Crippen molar-refractivity contribution in [2.24, 2.45) is 0 Å². The van der Waals surface area contributed by atoms with E-state index in [2.05, 4.69) is 23.8 Å². The molecule has 100 valence electrons. The number of hydrogen-bond donors (Lipinski definition) is 0. The zero-order valence-electron chi connectivity index (χ0n) is 11.1. The first kappa shape index (κ1) is 14.3. The first-order valence-electron chi connectivity index (χ1n) is 6.18. The normalized spacial score (nSPS) is 14.6. The minimum Gasteiger partial charge on any atom is -0.323 e. The highest BCUT2D eigenvalue weighted by Crippen LogP contribution is 2.16. The van der Waals surface area contributed by atoms with Crippen LogP contribution in [0, 0.1) is 6.08 Å². The molecule has 1 aliphatic heterocycles. The number of likely N-dealkylation sites (N-methyl/N-ethyl adjacent to an activating group) is 1. The first-order valence-corrected chi connectivity index (χ1v) is 6.18. The molecule has 2 heterocycles. The van der Waals surface area contributed by atoms with Crippen molar-refractivity contribution in [3.8, 4) is 0 Å². The molecule has 0 radical (unpaired) electrons. The van der Waals surface area contributed by atoms with E-state index in [0.29, 0.717) is 25.5 Å². The first-order chi connectivity index (χ1) is 8.63. The lowest BCUT2D eigenvalue weighted by Gasteiger charge is -2.15. The molecule has 0 aliphatic carbocycles. The summed E-state index contributed by atoms with van der Waals surface area (Å²) in [5.74, 6) is 0.323. The number of carbonyl (C=O) groups is 1. The van der Waals surface area contributed by atoms with E-state index >= 15 is 0 Å². The Bertz CT molecular complexity index is 399. The number of rotatable bonds is 2. The topological polar surface area (TPSA) is 49.3 Å². The molecule has 1 aromatic heterocycles. The molecular formula is C12H19FN4O. The third-order valence-corrected chi connectivity index (χ3v) is 2.36. The Morgan fingerprint density at radius 1 is 1.33 bits per heavy atom. The van der Waals surface area contributed by atoms with Gasteiger partial charge in [0.1, 0.15) is 5.82 Å². The summed E-state index contributed by atoms with van der Waals surface area (Å²) in [5, 5.41) is 0. The van der Waals surface area contributed by atoms with Crippen LogP contribution >= 0.6 is 0 Å². The fourth-order valence-corrected chi connectivity index (χ4v) is 1.57. The predicted molar refractivity (Wildman–Crippen MR) is 67.9 cm³/mol. The van der Waals surface area contributed by atoms with Gasteiger partial charge in [0.05, 0.1) is 0 Å². The fraction of sp³-hybridized carbons (Fsp3) is 0.583. The van der Waals surface area contributed by atoms with Crippen LogP contribution in [0.1, 0.15) is 27.2 Å². The lowest BCUT2D eigenvalue weighted by molar-refractivity contribution is 0.223. The summed E-state index contributed by atoms with van der Waals surface area (Å²) < 4.78 is 12.8. The molecule has 1 saturated heterocycles. The minimum absolute atomic E-state index is 0.129. The molecule has 0 N–H and O–H groups in total. The molecule has 0 saturated carbocycles. The molecule has 0 bridgehead atoms. The number of aromatic nitrogens is 2. The van der Waals surface area contributed by atoms with Gasteiger partial charge in [-0.3, -0.25) is 4.90 Å². The molecule has 0 unspecified atom stereocenters. The standard InChI is InChI=1S/C9H11FN4O.C3H8/c1-2-13-5-6-14(9(13)15)7-3-4-11-8(10)12-7;1-3-2/h3-4H,2,5-6H2,1H3;3H2,1-2H3. The number of carbonyl (C=O) groups excluding carboxylic acids is 1. The van der Waals surface area contributed by atoms with E-state index < -0.39 is 6.08 Å². The summed E-state index contributed by atoms with van der Waals surface area (Å²) in [7, 11) is 0. The van der Waals surface area contributed by atoms with E-state index in [1.807, 2.05) is 6.92 Å². The second-order valence-electron chi connectivity index (χ2n) is 3.90. The zero-order valence-corrected chi connectivity index (χ0v) is 11.1. The molecule has 5 nitrogen and oxygen atoms in total. The fourth-order valence-electron chi connectivity index (χ4n) is 1.57. The van der Waals surface area contributed by atoms with Gasteiger partial charge in [-0.05, 0) is 13.0 Å². The lowest BCUT2D eigenvalue weighted by Crippen LogP contribution is -2.32. The van der Waals surface area contributed by atoms with Gasteiger partial charge < -0.3 is 4.90 Å². The summed E-state index contributed by atoms with van der Waals surface area (Å²) in [4.78, 5) is 21.8. The Kier molecular flexibility index (Phi) is 5.48. The molecule has 0 aromatic carbocycles. The predicted octanol–water partition coefficient (Wildman–Crippen LogP) is 2.29. The maximum atomic E-state index is 12.8. The summed E-state index contributed by atoms with van der Waals surface area (Å²) in [6.45, 7) is 8.01. The molecule has 0 spiro atoms. The Labute approximate surface area is 107 Å². The largest absolute Gasteiger partial charge is 0.325 e. The van der Waals surface area contributed by atoms with Crippen LogP contribution < -0.4 is 4.90 Å². The van der Waals surface area contributed by atoms with E-state index in [4.69, 9.17) is 0 Å². The van der Waals surface area contributed by atoms with Crippen molar-refractivity contribution in [3.63, 3.8) is 0 Å². The number of anilines is 1. The van der Waals surface area contributed by atoms with Gasteiger partial charge in [0.25, 0.3) is 0 Å². The summed E-state index contributed by atoms with van der Waals surface area (Å²) in [6.07, 6.45) is 1.75. The van der Waals surface area contributed by atoms with Gasteiger partial charge in [0.2, 0.25) is 0 Å². The molecule has 0 atom stereocenters. The summed E-state index contributed by atoms with van der Waals surface area (Å²) in [5.41, 5.74) is 0. The van der Waals surface area contributed by atoms with Crippen LogP contribution in [0.4, 0.5) is 15.0 Å². The van der Waals surface area contributed by atoms with Crippen molar-refractivity contribution >= 4 is 11.8 Å². The minimum atomic E-state index is -0.810. The van der Waals surface area contributed by atoms with Crippen molar-refractivity contribution in [3.05, 3.63) is 18.3 Å². The molecule has 1 aliphatic rings. The van der Waals surface area contributed by atoms with E-state index in [1.165, 1.54) is 23.6 Å². The summed E-state index contributed by atoms with van der Waals surface area (Å²) >= 11 is 0.